The van der Waals surface area contributed by atoms with Crippen LogP contribution in [0.5, 0.6) is 0 Å². The molecule has 2 rings (SSSR count). The summed E-state index contributed by atoms with van der Waals surface area (Å²) in [6.45, 7) is 0. The average molecular weight is 400 g/mol. The number of carbonyl (C=O) groups is 1. The van der Waals surface area contributed by atoms with Crippen molar-refractivity contribution >= 4 is 38.1 Å². The molecule has 2 aromatic rings. The molecule has 10 nitrogen and oxygen atoms in total. The molecule has 12 heteroatoms. The summed E-state index contributed by atoms with van der Waals surface area (Å²) in [6, 6.07) is 7.77. The normalized spacial score (nSPS) is 12.2. The molecule has 0 fully saturated rings. The van der Waals surface area contributed by atoms with Crippen molar-refractivity contribution in [1.82, 2.24) is 0 Å². The number of rotatable bonds is 6. The highest BCUT2D eigenvalue weighted by molar-refractivity contribution is 7.86. The van der Waals surface area contributed by atoms with E-state index in [1.807, 2.05) is 0 Å². The minimum atomic E-state index is -4.53. The van der Waals surface area contributed by atoms with Gasteiger partial charge in [0.15, 0.2) is 0 Å². The molecule has 0 aliphatic carbocycles. The number of hydrogen-bond acceptors (Lipinski definition) is 7. The summed E-state index contributed by atoms with van der Waals surface area (Å²) in [6.07, 6.45) is 1.21. The van der Waals surface area contributed by atoms with Gasteiger partial charge in [-0.1, -0.05) is 12.1 Å². The second-order valence-electron chi connectivity index (χ2n) is 4.90. The van der Waals surface area contributed by atoms with Crippen molar-refractivity contribution in [3.05, 3.63) is 53.6 Å². The molecule has 0 aliphatic heterocycles. The van der Waals surface area contributed by atoms with Gasteiger partial charge in [0.2, 0.25) is 0 Å². The number of hydrazone groups is 1. The fourth-order valence-electron chi connectivity index (χ4n) is 1.87. The highest BCUT2D eigenvalue weighted by Crippen LogP contribution is 2.21. The van der Waals surface area contributed by atoms with Crippen molar-refractivity contribution in [3.63, 3.8) is 0 Å². The molecule has 4 N–H and O–H groups in total. The van der Waals surface area contributed by atoms with E-state index in [0.717, 1.165) is 30.3 Å². The molecule has 0 radical (unpaired) electrons. The first-order valence-electron chi connectivity index (χ1n) is 6.70. The number of benzene rings is 2. The summed E-state index contributed by atoms with van der Waals surface area (Å²) in [5.41, 5.74) is 2.29. The maximum absolute atomic E-state index is 11.2. The minimum absolute atomic E-state index is 0.182. The third-order valence-electron chi connectivity index (χ3n) is 3.10. The molecule has 0 atom stereocenters. The molecule has 138 valence electrons. The van der Waals surface area contributed by atoms with E-state index in [0.29, 0.717) is 5.56 Å². The first-order chi connectivity index (χ1) is 12.0. The van der Waals surface area contributed by atoms with E-state index in [1.165, 1.54) is 18.3 Å². The van der Waals surface area contributed by atoms with Crippen LogP contribution in [0.4, 0.5) is 5.69 Å². The largest absolute Gasteiger partial charge is 0.478 e. The van der Waals surface area contributed by atoms with Crippen molar-refractivity contribution in [3.8, 4) is 0 Å². The second kappa shape index (κ2) is 7.21. The lowest BCUT2D eigenvalue weighted by Gasteiger charge is -2.07. The fraction of sp³-hybridized carbons (Fsp3) is 0. The summed E-state index contributed by atoms with van der Waals surface area (Å²) in [5.74, 6) is -1.35. The van der Waals surface area contributed by atoms with Gasteiger partial charge in [-0.25, -0.2) is 4.79 Å². The molecule has 2 aromatic carbocycles. The standard InChI is InChI=1S/C14H12N2O8S2/c17-14(18)12-6-5-11(26(22,23)24)7-13(12)16-15-8-9-1-3-10(4-2-9)25(19,20)21/h1-8,16H,(H,17,18)(H,19,20,21)(H,22,23,24). The second-order valence-corrected chi connectivity index (χ2v) is 7.74. The number of carboxylic acids is 1. The van der Waals surface area contributed by atoms with Crippen LogP contribution in [-0.2, 0) is 20.2 Å². The zero-order valence-electron chi connectivity index (χ0n) is 12.8. The van der Waals surface area contributed by atoms with Crippen molar-refractivity contribution < 1.29 is 35.8 Å². The quantitative estimate of drug-likeness (QED) is 0.317. The molecule has 0 aliphatic rings. The van der Waals surface area contributed by atoms with Gasteiger partial charge in [-0.2, -0.15) is 21.9 Å². The predicted octanol–water partition coefficient (Wildman–Crippen LogP) is 1.32. The maximum Gasteiger partial charge on any atom is 0.337 e. The monoisotopic (exact) mass is 400 g/mol. The highest BCUT2D eigenvalue weighted by atomic mass is 32.2. The first-order valence-corrected chi connectivity index (χ1v) is 9.58. The molecule has 0 saturated heterocycles. The number of nitrogens with zero attached hydrogens (tertiary/aromatic N) is 1. The van der Waals surface area contributed by atoms with Crippen LogP contribution in [0.1, 0.15) is 15.9 Å². The number of aromatic carboxylic acids is 1. The van der Waals surface area contributed by atoms with Gasteiger partial charge in [-0.15, -0.1) is 0 Å². The Labute approximate surface area is 148 Å². The van der Waals surface area contributed by atoms with E-state index in [-0.39, 0.29) is 16.1 Å². The van der Waals surface area contributed by atoms with Gasteiger partial charge >= 0.3 is 5.97 Å². The number of nitrogens with one attached hydrogen (secondary N) is 1. The molecule has 0 saturated carbocycles. The highest BCUT2D eigenvalue weighted by Gasteiger charge is 2.16. The van der Waals surface area contributed by atoms with Crippen LogP contribution in [0, 0.1) is 0 Å². The van der Waals surface area contributed by atoms with Gasteiger partial charge in [-0.05, 0) is 35.9 Å². The molecule has 0 aromatic heterocycles. The third-order valence-corrected chi connectivity index (χ3v) is 4.81. The Morgan fingerprint density at radius 2 is 1.46 bits per heavy atom. The summed E-state index contributed by atoms with van der Waals surface area (Å²) in [5, 5.41) is 12.8. The van der Waals surface area contributed by atoms with Gasteiger partial charge in [0.25, 0.3) is 20.2 Å². The summed E-state index contributed by atoms with van der Waals surface area (Å²) in [7, 11) is -8.85. The fourth-order valence-corrected chi connectivity index (χ4v) is 2.85. The molecule has 26 heavy (non-hydrogen) atoms. The number of anilines is 1. The van der Waals surface area contributed by atoms with E-state index in [4.69, 9.17) is 14.2 Å². The topological polar surface area (TPSA) is 170 Å². The van der Waals surface area contributed by atoms with E-state index in [1.54, 1.807) is 0 Å². The smallest absolute Gasteiger partial charge is 0.337 e. The van der Waals surface area contributed by atoms with Crippen molar-refractivity contribution in [1.29, 1.82) is 0 Å². The Bertz CT molecular complexity index is 1070. The van der Waals surface area contributed by atoms with Crippen LogP contribution in [0.3, 0.4) is 0 Å². The summed E-state index contributed by atoms with van der Waals surface area (Å²) in [4.78, 5) is 10.3. The molecule has 0 spiro atoms. The van der Waals surface area contributed by atoms with Crippen LogP contribution < -0.4 is 5.43 Å². The van der Waals surface area contributed by atoms with Crippen LogP contribution >= 0.6 is 0 Å². The predicted molar refractivity (Wildman–Crippen MR) is 90.7 cm³/mol. The van der Waals surface area contributed by atoms with Gasteiger partial charge in [0.1, 0.15) is 0 Å². The third kappa shape index (κ3) is 4.86. The summed E-state index contributed by atoms with van der Waals surface area (Å²) >= 11 is 0. The zero-order valence-corrected chi connectivity index (χ0v) is 14.4. The molecule has 0 heterocycles. The minimum Gasteiger partial charge on any atom is -0.478 e. The van der Waals surface area contributed by atoms with E-state index in [9.17, 15) is 21.6 Å². The maximum atomic E-state index is 11.2. The molecular formula is C14H12N2O8S2. The van der Waals surface area contributed by atoms with Crippen molar-refractivity contribution in [2.75, 3.05) is 5.43 Å². The lowest BCUT2D eigenvalue weighted by molar-refractivity contribution is 0.0697. The lowest BCUT2D eigenvalue weighted by atomic mass is 10.2. The van der Waals surface area contributed by atoms with Crippen LogP contribution in [-0.4, -0.2) is 43.2 Å². The Kier molecular flexibility index (Phi) is 5.41. The van der Waals surface area contributed by atoms with E-state index in [2.05, 4.69) is 10.5 Å². The van der Waals surface area contributed by atoms with Crippen LogP contribution in [0.2, 0.25) is 0 Å². The summed E-state index contributed by atoms with van der Waals surface area (Å²) < 4.78 is 62.1. The van der Waals surface area contributed by atoms with Gasteiger partial charge in [0.05, 0.1) is 27.3 Å². The van der Waals surface area contributed by atoms with Gasteiger partial charge < -0.3 is 5.11 Å². The van der Waals surface area contributed by atoms with E-state index >= 15 is 0 Å². The molecule has 0 amide bonds. The van der Waals surface area contributed by atoms with Crippen molar-refractivity contribution in [2.24, 2.45) is 5.10 Å². The van der Waals surface area contributed by atoms with Gasteiger partial charge in [0, 0.05) is 0 Å². The van der Waals surface area contributed by atoms with E-state index < -0.39 is 31.1 Å². The average Bonchev–Trinajstić information content (AvgIpc) is 2.53. The molecule has 0 unspecified atom stereocenters. The van der Waals surface area contributed by atoms with Crippen LogP contribution in [0.25, 0.3) is 0 Å². The Morgan fingerprint density at radius 1 is 0.923 bits per heavy atom. The van der Waals surface area contributed by atoms with Gasteiger partial charge in [-0.3, -0.25) is 14.5 Å². The lowest BCUT2D eigenvalue weighted by Crippen LogP contribution is -2.06. The number of hydrogen-bond donors (Lipinski definition) is 4. The SMILES string of the molecule is O=C(O)c1ccc(S(=O)(=O)O)cc1NN=Cc1ccc(S(=O)(=O)O)cc1. The molecule has 0 bridgehead atoms. The van der Waals surface area contributed by atoms with Crippen LogP contribution in [0.15, 0.2) is 57.4 Å². The Hall–Kier alpha value is -2.80. The van der Waals surface area contributed by atoms with Crippen molar-refractivity contribution in [2.45, 2.75) is 9.79 Å². The molecular weight excluding hydrogens is 388 g/mol. The zero-order chi connectivity index (χ0) is 19.5. The Morgan fingerprint density at radius 3 is 1.96 bits per heavy atom. The Balaban J connectivity index is 2.27. The first kappa shape index (κ1) is 19.5. The number of carboxylic acid groups (broad SMARTS) is 1.